The van der Waals surface area contributed by atoms with Crippen LogP contribution in [0.15, 0.2) is 0 Å². The van der Waals surface area contributed by atoms with Gasteiger partial charge in [-0.1, -0.05) is 26.4 Å². The molecule has 0 aromatic heterocycles. The average molecular weight is 688 g/mol. The molecular formula is C15H32F4ORfSiY-2. The van der Waals surface area contributed by atoms with E-state index in [1.54, 1.807) is 6.92 Å². The van der Waals surface area contributed by atoms with Gasteiger partial charge in [-0.3, -0.25) is 4.39 Å². The minimum absolute atomic E-state index is 0. The molecule has 0 rings (SSSR count). The first-order valence-electron chi connectivity index (χ1n) is 6.99. The average Bonchev–Trinajstić information content (AvgIpc) is 2.28. The van der Waals surface area contributed by atoms with E-state index in [4.69, 9.17) is 4.74 Å². The smallest absolute Gasteiger partial charge is 0.365 e. The van der Waals surface area contributed by atoms with E-state index in [1.165, 1.54) is 12.0 Å². The molecular weight excluding hydrogens is 656 g/mol. The standard InChI is InChI=1S/C7H12F3O.C7H16FSi.CH4.Rf.Y/c1-3-11-5-4-6(2)7(8,9)10;1-7(4-5-8)6-9(2)3;;;/h6H,2-5H2,1H3;9H,4-6H2,1-3H3;1H4;;/q2*-1;;;. The zero-order valence-electron chi connectivity index (χ0n) is 14.3. The first-order valence-corrected chi connectivity index (χ1v) is 10.1. The van der Waals surface area contributed by atoms with Crippen molar-refractivity contribution in [3.8, 4) is 0 Å². The van der Waals surface area contributed by atoms with Gasteiger partial charge in [0.25, 0.3) is 0 Å². The maximum Gasteiger partial charge on any atom is 0.365 e. The number of hydrogen-bond acceptors (Lipinski definition) is 1. The molecule has 1 radical (unpaired) electrons. The summed E-state index contributed by atoms with van der Waals surface area (Å²) in [5.41, 5.74) is 0. The van der Waals surface area contributed by atoms with Crippen LogP contribution >= 0.6 is 0 Å². The summed E-state index contributed by atoms with van der Waals surface area (Å²) in [7, 11) is -0.464. The van der Waals surface area contributed by atoms with Crippen molar-refractivity contribution < 1.29 is 55.0 Å². The molecule has 0 aliphatic rings. The number of hydrogen-bond donors (Lipinski definition) is 0. The fourth-order valence-corrected chi connectivity index (χ4v) is 3.09. The van der Waals surface area contributed by atoms with Gasteiger partial charge in [-0.15, -0.1) is 6.42 Å². The van der Waals surface area contributed by atoms with Crippen LogP contribution in [0, 0.1) is 18.8 Å². The molecule has 1 atom stereocenters. The molecule has 0 saturated carbocycles. The molecule has 0 N–H and O–H groups in total. The number of alkyl halides is 4. The van der Waals surface area contributed by atoms with Crippen molar-refractivity contribution in [1.82, 2.24) is 0 Å². The van der Waals surface area contributed by atoms with Crippen LogP contribution in [-0.4, -0.2) is 34.9 Å². The van der Waals surface area contributed by atoms with E-state index in [2.05, 4.69) is 26.9 Å². The van der Waals surface area contributed by atoms with Gasteiger partial charge in [0.2, 0.25) is 0 Å². The maximum absolute atomic E-state index is 11.8. The van der Waals surface area contributed by atoms with Crippen LogP contribution in [0.2, 0.25) is 19.1 Å². The largest absolute Gasteiger partial charge is 0.382 e. The maximum atomic E-state index is 11.8. The Hall–Kier alpha value is 0.000779. The van der Waals surface area contributed by atoms with E-state index >= 15 is 0 Å². The number of ether oxygens (including phenoxy) is 1. The predicted molar refractivity (Wildman–Crippen MR) is 85.9 cm³/mol. The third kappa shape index (κ3) is 27.2. The molecule has 1 nitrogen and oxygen atoms in total. The zero-order chi connectivity index (χ0) is 16.2. The van der Waals surface area contributed by atoms with Gasteiger partial charge in [0, 0.05) is 54.7 Å². The van der Waals surface area contributed by atoms with Gasteiger partial charge in [-0.25, -0.2) is 0 Å². The van der Waals surface area contributed by atoms with Crippen molar-refractivity contribution in [2.24, 2.45) is 5.92 Å². The Morgan fingerprint density at radius 2 is 1.74 bits per heavy atom. The van der Waals surface area contributed by atoms with Crippen LogP contribution in [0.4, 0.5) is 17.6 Å². The van der Waals surface area contributed by atoms with E-state index in [1.807, 2.05) is 0 Å². The van der Waals surface area contributed by atoms with Gasteiger partial charge in [0.05, 0.1) is 6.67 Å². The van der Waals surface area contributed by atoms with Crippen LogP contribution in [0.1, 0.15) is 34.1 Å². The Morgan fingerprint density at radius 3 is 2.04 bits per heavy atom. The molecule has 0 aromatic rings. The van der Waals surface area contributed by atoms with Crippen molar-refractivity contribution >= 4 is 8.80 Å². The van der Waals surface area contributed by atoms with E-state index in [0.717, 1.165) is 0 Å². The Labute approximate surface area is 161 Å². The summed E-state index contributed by atoms with van der Waals surface area (Å²) in [6, 6.07) is 1.21. The quantitative estimate of drug-likeness (QED) is 0.142. The molecule has 0 aromatic carbocycles. The molecule has 137 valence electrons. The van der Waals surface area contributed by atoms with Gasteiger partial charge in [0.1, 0.15) is 0 Å². The van der Waals surface area contributed by atoms with Crippen LogP contribution < -0.4 is 0 Å². The van der Waals surface area contributed by atoms with Crippen molar-refractivity contribution in [2.75, 3.05) is 19.9 Å². The van der Waals surface area contributed by atoms with Gasteiger partial charge in [-0.2, -0.15) is 26.1 Å². The summed E-state index contributed by atoms with van der Waals surface area (Å²) < 4.78 is 51.7. The Balaban J connectivity index is -0.0000000843. The summed E-state index contributed by atoms with van der Waals surface area (Å²) in [5.74, 6) is -0.159. The fourth-order valence-electron chi connectivity index (χ4n) is 1.49. The minimum Gasteiger partial charge on any atom is -0.382 e. The number of halogens is 4. The molecule has 0 bridgehead atoms. The molecule has 0 amide bonds. The minimum atomic E-state index is -4.18. The van der Waals surface area contributed by atoms with E-state index < -0.39 is 20.9 Å². The van der Waals surface area contributed by atoms with Crippen LogP contribution in [0.3, 0.4) is 0 Å². The molecule has 0 aliphatic heterocycles. The van der Waals surface area contributed by atoms with Crippen molar-refractivity contribution in [3.63, 3.8) is 0 Å². The van der Waals surface area contributed by atoms with Crippen molar-refractivity contribution in [1.29, 1.82) is 0 Å². The Bertz CT molecular complexity index is 222. The van der Waals surface area contributed by atoms with Gasteiger partial charge >= 0.3 is 6.18 Å². The summed E-state index contributed by atoms with van der Waals surface area (Å²) in [6.07, 6.45) is -3.56. The van der Waals surface area contributed by atoms with Gasteiger partial charge in [-0.05, 0) is 13.3 Å². The SMILES string of the molecule is C.C[C-](CCF)C[SiH](C)C.[CH2-]C(CCOCC)C(F)(F)F.[Rf].[Y]. The van der Waals surface area contributed by atoms with Crippen molar-refractivity contribution in [3.05, 3.63) is 12.8 Å². The second-order valence-electron chi connectivity index (χ2n) is 5.22. The molecule has 0 aliphatic carbocycles. The van der Waals surface area contributed by atoms with Crippen LogP contribution in [0.25, 0.3) is 0 Å². The third-order valence-corrected chi connectivity index (χ3v) is 4.07. The molecule has 8 heteroatoms. The third-order valence-electron chi connectivity index (χ3n) is 2.56. The Morgan fingerprint density at radius 1 is 1.26 bits per heavy atom. The zero-order valence-corrected chi connectivity index (χ0v) is 24.7. The summed E-state index contributed by atoms with van der Waals surface area (Å²) in [4.78, 5) is 0. The normalized spacial score (nSPS) is 11.6. The molecule has 23 heavy (non-hydrogen) atoms. The van der Waals surface area contributed by atoms with Crippen molar-refractivity contribution in [2.45, 2.75) is 59.4 Å². The van der Waals surface area contributed by atoms with E-state index in [-0.39, 0.29) is 59.8 Å². The van der Waals surface area contributed by atoms with Gasteiger partial charge in [0.15, 0.2) is 0 Å². The summed E-state index contributed by atoms with van der Waals surface area (Å²) >= 11 is 0. The summed E-state index contributed by atoms with van der Waals surface area (Å²) in [6.45, 7) is 11.8. The molecule has 0 spiro atoms. The Kier molecular flexibility index (Phi) is 29.9. The van der Waals surface area contributed by atoms with Crippen LogP contribution in [-0.2, 0) is 37.4 Å². The van der Waals surface area contributed by atoms with E-state index in [9.17, 15) is 17.6 Å². The molecule has 1 unspecified atom stereocenters. The molecule has 0 heterocycles. The molecule has 0 saturated heterocycles. The topological polar surface area (TPSA) is 9.23 Å². The van der Waals surface area contributed by atoms with E-state index in [0.29, 0.717) is 13.0 Å². The second-order valence-corrected chi connectivity index (χ2v) is 8.41. The first kappa shape index (κ1) is 34.4. The monoisotopic (exact) mass is 688 g/mol. The fraction of sp³-hybridized carbons (Fsp3) is 0.867. The second kappa shape index (κ2) is 20.0. The predicted octanol–water partition coefficient (Wildman–Crippen LogP) is 5.49. The molecule has 0 fully saturated rings. The summed E-state index contributed by atoms with van der Waals surface area (Å²) in [5, 5.41) is 0. The van der Waals surface area contributed by atoms with Gasteiger partial charge < -0.3 is 17.6 Å². The van der Waals surface area contributed by atoms with Crippen LogP contribution in [0.5, 0.6) is 0 Å². The number of rotatable bonds is 8. The first-order chi connectivity index (χ1) is 9.15.